The van der Waals surface area contributed by atoms with Crippen LogP contribution < -0.4 is 10.1 Å². The highest BCUT2D eigenvalue weighted by Crippen LogP contribution is 2.31. The van der Waals surface area contributed by atoms with Crippen molar-refractivity contribution < 1.29 is 14.6 Å². The van der Waals surface area contributed by atoms with Gasteiger partial charge in [-0.15, -0.1) is 5.10 Å². The predicted molar refractivity (Wildman–Crippen MR) is 127 cm³/mol. The molecule has 2 N–H and O–H groups in total. The topological polar surface area (TPSA) is 131 Å². The van der Waals surface area contributed by atoms with E-state index < -0.39 is 0 Å². The van der Waals surface area contributed by atoms with Gasteiger partial charge in [-0.05, 0) is 78.4 Å². The number of amides is 1. The van der Waals surface area contributed by atoms with Crippen molar-refractivity contribution in [2.24, 2.45) is 0 Å². The van der Waals surface area contributed by atoms with Crippen LogP contribution in [0, 0.1) is 25.2 Å². The third kappa shape index (κ3) is 4.44. The molecule has 4 aromatic rings. The smallest absolute Gasteiger partial charge is 0.236 e. The number of carbonyl (C=O) groups excluding carboxylic acids is 1. The number of aromatic nitrogens is 5. The Kier molecular flexibility index (Phi) is 6.51. The average Bonchev–Trinajstić information content (AvgIpc) is 3.41. The van der Waals surface area contributed by atoms with Crippen molar-refractivity contribution in [3.63, 3.8) is 0 Å². The summed E-state index contributed by atoms with van der Waals surface area (Å²) in [5.74, 6) is 0.957. The summed E-state index contributed by atoms with van der Waals surface area (Å²) < 4.78 is 8.55. The van der Waals surface area contributed by atoms with Gasteiger partial charge >= 0.3 is 0 Å². The second-order valence-corrected chi connectivity index (χ2v) is 8.25. The first kappa shape index (κ1) is 22.9. The zero-order valence-corrected chi connectivity index (χ0v) is 19.5. The molecule has 0 aliphatic carbocycles. The summed E-state index contributed by atoms with van der Waals surface area (Å²) in [6.45, 7) is 3.75. The molecule has 0 spiro atoms. The summed E-state index contributed by atoms with van der Waals surface area (Å²) in [6.07, 6.45) is 0. The van der Waals surface area contributed by atoms with Crippen molar-refractivity contribution in [1.82, 2.24) is 24.8 Å². The molecule has 2 aromatic carbocycles. The van der Waals surface area contributed by atoms with Gasteiger partial charge in [-0.25, -0.2) is 0 Å². The number of carbonyl (C=O) groups is 1. The number of nitrogens with one attached hydrogen (secondary N) is 1. The highest BCUT2D eigenvalue weighted by atomic mass is 32.2. The second kappa shape index (κ2) is 9.68. The van der Waals surface area contributed by atoms with Crippen LogP contribution >= 0.6 is 11.8 Å². The van der Waals surface area contributed by atoms with Gasteiger partial charge in [-0.1, -0.05) is 11.8 Å². The fraction of sp³-hybridized carbons (Fsp3) is 0.174. The standard InChI is InChI=1S/C23H21N7O3S/c1-14-15(2)29(16-6-10-19(33-3)11-7-16)22(20(14)12-24)25-21(32)13-34-23-26-27-28-30(23)17-4-8-18(31)9-5-17/h4-11,31H,13H2,1-3H3,(H,25,32). The number of anilines is 1. The Morgan fingerprint density at radius 2 is 1.82 bits per heavy atom. The molecule has 0 atom stereocenters. The maximum absolute atomic E-state index is 12.9. The summed E-state index contributed by atoms with van der Waals surface area (Å²) >= 11 is 1.15. The molecule has 0 bridgehead atoms. The first-order chi connectivity index (χ1) is 16.4. The van der Waals surface area contributed by atoms with E-state index in [0.29, 0.717) is 28.0 Å². The molecule has 34 heavy (non-hydrogen) atoms. The van der Waals surface area contributed by atoms with Crippen LogP contribution in [0.25, 0.3) is 11.4 Å². The van der Waals surface area contributed by atoms with Crippen molar-refractivity contribution in [3.05, 3.63) is 65.4 Å². The molecule has 11 heteroatoms. The van der Waals surface area contributed by atoms with Crippen LogP contribution in [-0.4, -0.2) is 48.7 Å². The number of methoxy groups -OCH3 is 1. The van der Waals surface area contributed by atoms with E-state index in [9.17, 15) is 15.2 Å². The molecular formula is C23H21N7O3S. The number of nitriles is 1. The lowest BCUT2D eigenvalue weighted by molar-refractivity contribution is -0.113. The van der Waals surface area contributed by atoms with Gasteiger partial charge < -0.3 is 15.2 Å². The molecule has 1 amide bonds. The van der Waals surface area contributed by atoms with Gasteiger partial charge in [0.25, 0.3) is 0 Å². The molecule has 0 saturated carbocycles. The van der Waals surface area contributed by atoms with Gasteiger partial charge in [0.2, 0.25) is 11.1 Å². The number of hydrogen-bond donors (Lipinski definition) is 2. The molecule has 2 heterocycles. The van der Waals surface area contributed by atoms with Crippen LogP contribution in [0.4, 0.5) is 5.82 Å². The number of phenolic OH excluding ortho intramolecular Hbond substituents is 1. The van der Waals surface area contributed by atoms with Gasteiger partial charge in [-0.2, -0.15) is 9.94 Å². The third-order valence-corrected chi connectivity index (χ3v) is 6.20. The van der Waals surface area contributed by atoms with Crippen molar-refractivity contribution in [1.29, 1.82) is 5.26 Å². The second-order valence-electron chi connectivity index (χ2n) is 7.31. The highest BCUT2D eigenvalue weighted by molar-refractivity contribution is 7.99. The number of thioether (sulfide) groups is 1. The van der Waals surface area contributed by atoms with Crippen molar-refractivity contribution in [3.8, 4) is 28.9 Å². The first-order valence-electron chi connectivity index (χ1n) is 10.2. The van der Waals surface area contributed by atoms with E-state index in [-0.39, 0.29) is 17.4 Å². The number of ether oxygens (including phenoxy) is 1. The van der Waals surface area contributed by atoms with E-state index in [4.69, 9.17) is 4.74 Å². The van der Waals surface area contributed by atoms with E-state index in [0.717, 1.165) is 28.7 Å². The van der Waals surface area contributed by atoms with Gasteiger partial charge in [0.05, 0.1) is 24.1 Å². The zero-order valence-electron chi connectivity index (χ0n) is 18.7. The third-order valence-electron chi connectivity index (χ3n) is 5.28. The fourth-order valence-corrected chi connectivity index (χ4v) is 4.13. The Balaban J connectivity index is 1.56. The number of hydrogen-bond acceptors (Lipinski definition) is 8. The van der Waals surface area contributed by atoms with Crippen LogP contribution in [0.5, 0.6) is 11.5 Å². The SMILES string of the molecule is COc1ccc(-n2c(C)c(C)c(C#N)c2NC(=O)CSc2nnnn2-c2ccc(O)cc2)cc1. The molecule has 10 nitrogen and oxygen atoms in total. The normalized spacial score (nSPS) is 10.6. The summed E-state index contributed by atoms with van der Waals surface area (Å²) in [7, 11) is 1.59. The van der Waals surface area contributed by atoms with Gasteiger partial charge in [0.1, 0.15) is 23.4 Å². The molecule has 0 aliphatic rings. The number of phenols is 1. The maximum atomic E-state index is 12.9. The molecular weight excluding hydrogens is 454 g/mol. The minimum Gasteiger partial charge on any atom is -0.508 e. The molecule has 4 rings (SSSR count). The lowest BCUT2D eigenvalue weighted by Crippen LogP contribution is -2.18. The van der Waals surface area contributed by atoms with E-state index >= 15 is 0 Å². The van der Waals surface area contributed by atoms with Crippen molar-refractivity contribution in [2.45, 2.75) is 19.0 Å². The first-order valence-corrected chi connectivity index (χ1v) is 11.2. The summed E-state index contributed by atoms with van der Waals surface area (Å²) in [5, 5.41) is 34.2. The number of benzene rings is 2. The van der Waals surface area contributed by atoms with E-state index in [2.05, 4.69) is 26.9 Å². The van der Waals surface area contributed by atoms with Gasteiger partial charge in [0, 0.05) is 11.4 Å². The lowest BCUT2D eigenvalue weighted by Gasteiger charge is -2.13. The van der Waals surface area contributed by atoms with E-state index in [1.54, 1.807) is 19.2 Å². The lowest BCUT2D eigenvalue weighted by atomic mass is 10.2. The molecule has 0 fully saturated rings. The van der Waals surface area contributed by atoms with Crippen LogP contribution in [0.3, 0.4) is 0 Å². The highest BCUT2D eigenvalue weighted by Gasteiger charge is 2.21. The minimum atomic E-state index is -0.311. The number of rotatable bonds is 7. The van der Waals surface area contributed by atoms with Crippen LogP contribution in [0.2, 0.25) is 0 Å². The Bertz CT molecular complexity index is 1370. The molecule has 0 radical (unpaired) electrons. The monoisotopic (exact) mass is 475 g/mol. The van der Waals surface area contributed by atoms with Crippen LogP contribution in [0.1, 0.15) is 16.8 Å². The minimum absolute atomic E-state index is 0.0230. The Morgan fingerprint density at radius 1 is 1.15 bits per heavy atom. The van der Waals surface area contributed by atoms with Crippen LogP contribution in [0.15, 0.2) is 53.7 Å². The molecule has 0 unspecified atom stereocenters. The zero-order chi connectivity index (χ0) is 24.2. The number of tetrazole rings is 1. The van der Waals surface area contributed by atoms with Crippen molar-refractivity contribution in [2.75, 3.05) is 18.2 Å². The molecule has 0 saturated heterocycles. The van der Waals surface area contributed by atoms with E-state index in [1.165, 1.54) is 16.8 Å². The number of aromatic hydroxyl groups is 1. The average molecular weight is 476 g/mol. The Hall–Kier alpha value is -4.30. The maximum Gasteiger partial charge on any atom is 0.236 e. The van der Waals surface area contributed by atoms with E-state index in [1.807, 2.05) is 42.7 Å². The summed E-state index contributed by atoms with van der Waals surface area (Å²) in [5.41, 5.74) is 3.48. The van der Waals surface area contributed by atoms with Gasteiger partial charge in [-0.3, -0.25) is 9.36 Å². The summed E-state index contributed by atoms with van der Waals surface area (Å²) in [6, 6.07) is 16.0. The largest absolute Gasteiger partial charge is 0.508 e. The summed E-state index contributed by atoms with van der Waals surface area (Å²) in [4.78, 5) is 12.9. The fourth-order valence-electron chi connectivity index (χ4n) is 3.44. The Morgan fingerprint density at radius 3 is 2.47 bits per heavy atom. The molecule has 0 aliphatic heterocycles. The Labute approximate surface area is 199 Å². The van der Waals surface area contributed by atoms with Gasteiger partial charge in [0.15, 0.2) is 0 Å². The van der Waals surface area contributed by atoms with Crippen LogP contribution in [-0.2, 0) is 4.79 Å². The molecule has 2 aromatic heterocycles. The van der Waals surface area contributed by atoms with Crippen molar-refractivity contribution >= 4 is 23.5 Å². The molecule has 172 valence electrons. The number of nitrogens with zero attached hydrogens (tertiary/aromatic N) is 6. The predicted octanol–water partition coefficient (Wildman–Crippen LogP) is 3.39. The quantitative estimate of drug-likeness (QED) is 0.389.